The molecule has 0 aromatic heterocycles. The molecule has 1 aromatic carbocycles. The molecule has 8 heteroatoms. The Morgan fingerprint density at radius 3 is 2.42 bits per heavy atom. The molecule has 0 saturated heterocycles. The van der Waals surface area contributed by atoms with Gasteiger partial charge in [0.25, 0.3) is 0 Å². The van der Waals surface area contributed by atoms with Gasteiger partial charge in [-0.2, -0.15) is 0 Å². The number of carboxylic acids is 1. The second kappa shape index (κ2) is 7.96. The lowest BCUT2D eigenvalue weighted by atomic mass is 9.86. The number of carbonyl (C=O) groups is 1. The summed E-state index contributed by atoms with van der Waals surface area (Å²) in [5.41, 5.74) is 0. The van der Waals surface area contributed by atoms with Crippen LogP contribution in [-0.2, 0) is 14.8 Å². The first-order valence-corrected chi connectivity index (χ1v) is 9.55. The maximum Gasteiger partial charge on any atom is 0.317 e. The van der Waals surface area contributed by atoms with Crippen molar-refractivity contribution in [3.05, 3.63) is 24.3 Å². The predicted octanol–water partition coefficient (Wildman–Crippen LogP) is 1.30. The van der Waals surface area contributed by atoms with Crippen molar-refractivity contribution in [2.75, 3.05) is 19.7 Å². The molecule has 0 atom stereocenters. The second-order valence-corrected chi connectivity index (χ2v) is 7.52. The van der Waals surface area contributed by atoms with E-state index in [1.165, 1.54) is 12.1 Å². The number of aliphatic carboxylic acids is 1. The summed E-state index contributed by atoms with van der Waals surface area (Å²) in [4.78, 5) is 12.9. The number of carboxylic acid groups (broad SMARTS) is 1. The van der Waals surface area contributed by atoms with Gasteiger partial charge in [-0.15, -0.1) is 0 Å². The molecule has 0 radical (unpaired) electrons. The number of hydrogen-bond acceptors (Lipinski definition) is 5. The molecule has 0 amide bonds. The van der Waals surface area contributed by atoms with E-state index in [4.69, 9.17) is 9.84 Å². The van der Waals surface area contributed by atoms with Crippen molar-refractivity contribution in [1.82, 2.24) is 9.62 Å². The summed E-state index contributed by atoms with van der Waals surface area (Å²) in [6, 6.07) is 6.26. The third-order valence-electron chi connectivity index (χ3n) is 4.14. The van der Waals surface area contributed by atoms with Gasteiger partial charge in [0.15, 0.2) is 0 Å². The number of likely N-dealkylation sites (N-methyl/N-ethyl adjacent to an activating group) is 1. The molecular weight excluding hydrogens is 332 g/mol. The minimum Gasteiger partial charge on any atom is -0.494 e. The molecule has 0 spiro atoms. The van der Waals surface area contributed by atoms with Crippen LogP contribution in [0.2, 0.25) is 0 Å². The maximum absolute atomic E-state index is 12.4. The maximum atomic E-state index is 12.4. The average Bonchev–Trinajstić information content (AvgIpc) is 2.49. The molecule has 7 nitrogen and oxygen atoms in total. The van der Waals surface area contributed by atoms with Gasteiger partial charge in [-0.05, 0) is 50.6 Å². The number of nitrogens with one attached hydrogen (secondary N) is 1. The zero-order valence-corrected chi connectivity index (χ0v) is 14.8. The number of hydrogen-bond donors (Lipinski definition) is 2. The Bertz CT molecular complexity index is 654. The first-order valence-electron chi connectivity index (χ1n) is 8.06. The summed E-state index contributed by atoms with van der Waals surface area (Å²) >= 11 is 0. The fourth-order valence-corrected chi connectivity index (χ4v) is 4.09. The van der Waals surface area contributed by atoms with Crippen LogP contribution in [0.15, 0.2) is 29.2 Å². The van der Waals surface area contributed by atoms with Gasteiger partial charge in [0.1, 0.15) is 5.75 Å². The summed E-state index contributed by atoms with van der Waals surface area (Å²) in [5, 5.41) is 8.88. The first-order chi connectivity index (χ1) is 11.4. The van der Waals surface area contributed by atoms with Gasteiger partial charge in [-0.25, -0.2) is 13.1 Å². The fraction of sp³-hybridized carbons (Fsp3) is 0.562. The Morgan fingerprint density at radius 2 is 1.92 bits per heavy atom. The molecule has 2 N–H and O–H groups in total. The lowest BCUT2D eigenvalue weighted by molar-refractivity contribution is -0.139. The highest BCUT2D eigenvalue weighted by Gasteiger charge is 2.36. The van der Waals surface area contributed by atoms with Crippen LogP contribution in [0, 0.1) is 0 Å². The van der Waals surface area contributed by atoms with Crippen LogP contribution in [0.3, 0.4) is 0 Å². The highest BCUT2D eigenvalue weighted by atomic mass is 32.2. The molecule has 0 bridgehead atoms. The first kappa shape index (κ1) is 18.7. The van der Waals surface area contributed by atoms with Gasteiger partial charge in [-0.3, -0.25) is 9.69 Å². The van der Waals surface area contributed by atoms with Crippen LogP contribution >= 0.6 is 0 Å². The minimum atomic E-state index is -3.57. The lowest BCUT2D eigenvalue weighted by Gasteiger charge is -2.42. The largest absolute Gasteiger partial charge is 0.494 e. The highest BCUT2D eigenvalue weighted by Crippen LogP contribution is 2.27. The van der Waals surface area contributed by atoms with E-state index in [0.717, 1.165) is 0 Å². The Kier molecular flexibility index (Phi) is 6.20. The molecule has 1 fully saturated rings. The van der Waals surface area contributed by atoms with Crippen LogP contribution in [0.1, 0.15) is 26.7 Å². The summed E-state index contributed by atoms with van der Waals surface area (Å²) < 4.78 is 32.7. The van der Waals surface area contributed by atoms with Gasteiger partial charge >= 0.3 is 5.97 Å². The van der Waals surface area contributed by atoms with Gasteiger partial charge in [-0.1, -0.05) is 6.92 Å². The predicted molar refractivity (Wildman–Crippen MR) is 89.6 cm³/mol. The molecule has 2 rings (SSSR count). The topological polar surface area (TPSA) is 95.9 Å². The van der Waals surface area contributed by atoms with E-state index in [2.05, 4.69) is 4.72 Å². The van der Waals surface area contributed by atoms with Crippen molar-refractivity contribution >= 4 is 16.0 Å². The Hall–Kier alpha value is -1.64. The number of nitrogens with zero attached hydrogens (tertiary/aromatic N) is 1. The van der Waals surface area contributed by atoms with E-state index in [1.807, 2.05) is 18.7 Å². The van der Waals surface area contributed by atoms with Crippen LogP contribution in [-0.4, -0.2) is 56.2 Å². The van der Waals surface area contributed by atoms with Crippen molar-refractivity contribution in [2.45, 2.75) is 43.7 Å². The molecule has 134 valence electrons. The summed E-state index contributed by atoms with van der Waals surface area (Å²) in [5.74, 6) is -0.234. The molecule has 0 heterocycles. The zero-order valence-electron chi connectivity index (χ0n) is 13.9. The van der Waals surface area contributed by atoms with Crippen molar-refractivity contribution in [3.8, 4) is 5.75 Å². The number of rotatable bonds is 9. The van der Waals surface area contributed by atoms with Crippen molar-refractivity contribution in [1.29, 1.82) is 0 Å². The van der Waals surface area contributed by atoms with Crippen LogP contribution in [0.25, 0.3) is 0 Å². The third-order valence-corrected chi connectivity index (χ3v) is 5.68. The Balaban J connectivity index is 1.91. The fourth-order valence-electron chi connectivity index (χ4n) is 2.82. The van der Waals surface area contributed by atoms with E-state index in [1.54, 1.807) is 12.1 Å². The summed E-state index contributed by atoms with van der Waals surface area (Å²) in [6.07, 6.45) is 1.24. The average molecular weight is 356 g/mol. The van der Waals surface area contributed by atoms with E-state index < -0.39 is 16.0 Å². The standard InChI is InChI=1S/C16H24N2O5S/c1-3-18(11-16(19)20)13-9-12(10-13)17-24(21,22)15-7-5-14(6-8-15)23-4-2/h5-8,12-13,17H,3-4,9-11H2,1-2H3,(H,19,20). The zero-order chi connectivity index (χ0) is 17.7. The van der Waals surface area contributed by atoms with E-state index in [9.17, 15) is 13.2 Å². The van der Waals surface area contributed by atoms with Crippen molar-refractivity contribution in [3.63, 3.8) is 0 Å². The molecule has 1 aromatic rings. The SMILES string of the molecule is CCOc1ccc(S(=O)(=O)NC2CC(N(CC)CC(=O)O)C2)cc1. The molecule has 0 unspecified atom stereocenters. The normalized spacial score (nSPS) is 20.6. The monoisotopic (exact) mass is 356 g/mol. The second-order valence-electron chi connectivity index (χ2n) is 5.80. The van der Waals surface area contributed by atoms with Gasteiger partial charge in [0.05, 0.1) is 18.0 Å². The van der Waals surface area contributed by atoms with E-state index in [-0.39, 0.29) is 23.5 Å². The Labute approximate surface area is 142 Å². The van der Waals surface area contributed by atoms with E-state index >= 15 is 0 Å². The number of ether oxygens (including phenoxy) is 1. The minimum absolute atomic E-state index is 0.0144. The Morgan fingerprint density at radius 1 is 1.29 bits per heavy atom. The summed E-state index contributed by atoms with van der Waals surface area (Å²) in [6.45, 7) is 4.91. The molecular formula is C16H24N2O5S. The van der Waals surface area contributed by atoms with E-state index in [0.29, 0.717) is 31.7 Å². The van der Waals surface area contributed by atoms with Crippen molar-refractivity contribution < 1.29 is 23.1 Å². The molecule has 1 aliphatic carbocycles. The van der Waals surface area contributed by atoms with Gasteiger partial charge in [0.2, 0.25) is 10.0 Å². The van der Waals surface area contributed by atoms with Crippen LogP contribution < -0.4 is 9.46 Å². The number of sulfonamides is 1. The molecule has 0 aliphatic heterocycles. The lowest BCUT2D eigenvalue weighted by Crippen LogP contribution is -2.54. The quantitative estimate of drug-likeness (QED) is 0.692. The molecule has 24 heavy (non-hydrogen) atoms. The smallest absolute Gasteiger partial charge is 0.317 e. The number of benzene rings is 1. The van der Waals surface area contributed by atoms with Crippen molar-refractivity contribution in [2.24, 2.45) is 0 Å². The third kappa shape index (κ3) is 4.68. The highest BCUT2D eigenvalue weighted by molar-refractivity contribution is 7.89. The summed E-state index contributed by atoms with van der Waals surface area (Å²) in [7, 11) is -3.57. The van der Waals surface area contributed by atoms with Gasteiger partial charge < -0.3 is 9.84 Å². The van der Waals surface area contributed by atoms with Gasteiger partial charge in [0, 0.05) is 12.1 Å². The van der Waals surface area contributed by atoms with Crippen LogP contribution in [0.5, 0.6) is 5.75 Å². The molecule has 1 aliphatic rings. The van der Waals surface area contributed by atoms with Crippen LogP contribution in [0.4, 0.5) is 0 Å². The molecule has 1 saturated carbocycles.